The molecule has 0 aliphatic heterocycles. The van der Waals surface area contributed by atoms with Crippen molar-refractivity contribution in [3.63, 3.8) is 0 Å². The molecule has 154 valence electrons. The zero-order chi connectivity index (χ0) is 21.2. The topological polar surface area (TPSA) is 81.7 Å². The molecule has 0 bridgehead atoms. The van der Waals surface area contributed by atoms with Crippen LogP contribution in [0.3, 0.4) is 0 Å². The largest absolute Gasteiger partial charge is 0.466 e. The Morgan fingerprint density at radius 3 is 2.31 bits per heavy atom. The smallest absolute Gasteiger partial charge is 0.408 e. The van der Waals surface area contributed by atoms with Crippen LogP contribution in [0.15, 0.2) is 54.6 Å². The van der Waals surface area contributed by atoms with Gasteiger partial charge in [0, 0.05) is 24.3 Å². The van der Waals surface area contributed by atoms with Crippen molar-refractivity contribution < 1.29 is 23.9 Å². The highest BCUT2D eigenvalue weighted by molar-refractivity contribution is 8.13. The number of hydrogen-bond acceptors (Lipinski definition) is 6. The molecule has 7 heteroatoms. The van der Waals surface area contributed by atoms with Crippen LogP contribution in [-0.2, 0) is 25.5 Å². The van der Waals surface area contributed by atoms with E-state index in [9.17, 15) is 14.4 Å². The van der Waals surface area contributed by atoms with Crippen LogP contribution in [-0.4, -0.2) is 36.1 Å². The summed E-state index contributed by atoms with van der Waals surface area (Å²) >= 11 is 1.13. The third-order valence-electron chi connectivity index (χ3n) is 4.28. The summed E-state index contributed by atoms with van der Waals surface area (Å²) in [5, 5.41) is 2.75. The number of carbonyl (C=O) groups excluding carboxylic acids is 3. The van der Waals surface area contributed by atoms with E-state index in [-0.39, 0.29) is 11.2 Å². The number of esters is 1. The highest BCUT2D eigenvalue weighted by Crippen LogP contribution is 2.20. The monoisotopic (exact) mass is 415 g/mol. The number of hydrogen-bond donors (Lipinski definition) is 1. The van der Waals surface area contributed by atoms with E-state index in [2.05, 4.69) is 5.32 Å². The molecule has 6 nitrogen and oxygen atoms in total. The first-order chi connectivity index (χ1) is 13.9. The van der Waals surface area contributed by atoms with E-state index in [0.29, 0.717) is 17.7 Å². The van der Waals surface area contributed by atoms with Gasteiger partial charge in [0.05, 0.1) is 7.11 Å². The second kappa shape index (κ2) is 11.3. The van der Waals surface area contributed by atoms with Crippen LogP contribution in [0.1, 0.15) is 29.7 Å². The van der Waals surface area contributed by atoms with Gasteiger partial charge in [0.2, 0.25) is 6.10 Å². The summed E-state index contributed by atoms with van der Waals surface area (Å²) in [5.41, 5.74) is 2.68. The van der Waals surface area contributed by atoms with Gasteiger partial charge in [-0.25, -0.2) is 9.59 Å². The van der Waals surface area contributed by atoms with E-state index in [1.54, 1.807) is 30.3 Å². The zero-order valence-corrected chi connectivity index (χ0v) is 17.5. The van der Waals surface area contributed by atoms with Crippen molar-refractivity contribution in [3.8, 4) is 0 Å². The second-order valence-corrected chi connectivity index (χ2v) is 7.69. The number of benzene rings is 2. The Morgan fingerprint density at radius 2 is 1.69 bits per heavy atom. The molecule has 2 aromatic carbocycles. The lowest BCUT2D eigenvalue weighted by Gasteiger charge is -2.21. The van der Waals surface area contributed by atoms with Gasteiger partial charge < -0.3 is 14.8 Å². The van der Waals surface area contributed by atoms with Gasteiger partial charge in [0.1, 0.15) is 0 Å². The maximum Gasteiger partial charge on any atom is 0.408 e. The van der Waals surface area contributed by atoms with Gasteiger partial charge in [-0.2, -0.15) is 0 Å². The third-order valence-corrected chi connectivity index (χ3v) is 5.26. The fraction of sp³-hybridized carbons (Fsp3) is 0.318. The lowest BCUT2D eigenvalue weighted by molar-refractivity contribution is -0.151. The van der Waals surface area contributed by atoms with Gasteiger partial charge in [-0.3, -0.25) is 4.79 Å². The first-order valence-electron chi connectivity index (χ1n) is 9.18. The van der Waals surface area contributed by atoms with Crippen molar-refractivity contribution in [1.29, 1.82) is 0 Å². The SMILES string of the molecule is COC(=O)[C@H](OC(=O)NC(CSC(C)=O)Cc1ccccc1C)c1ccccc1. The van der Waals surface area contributed by atoms with Crippen LogP contribution in [0.2, 0.25) is 0 Å². The van der Waals surface area contributed by atoms with Gasteiger partial charge in [0.15, 0.2) is 5.12 Å². The van der Waals surface area contributed by atoms with Gasteiger partial charge in [-0.05, 0) is 24.5 Å². The Balaban J connectivity index is 2.11. The molecule has 29 heavy (non-hydrogen) atoms. The second-order valence-electron chi connectivity index (χ2n) is 6.49. The molecular formula is C22H25NO5S. The maximum atomic E-state index is 12.5. The first-order valence-corrected chi connectivity index (χ1v) is 10.2. The average molecular weight is 416 g/mol. The molecule has 0 spiro atoms. The van der Waals surface area contributed by atoms with Crippen LogP contribution < -0.4 is 5.32 Å². The molecule has 0 saturated heterocycles. The van der Waals surface area contributed by atoms with Gasteiger partial charge in [-0.15, -0.1) is 0 Å². The number of carbonyl (C=O) groups is 3. The number of alkyl carbamates (subject to hydrolysis) is 1. The summed E-state index contributed by atoms with van der Waals surface area (Å²) < 4.78 is 10.1. The molecule has 0 aliphatic rings. The summed E-state index contributed by atoms with van der Waals surface area (Å²) in [6.07, 6.45) is -1.37. The first kappa shape index (κ1) is 22.5. The Kier molecular flexibility index (Phi) is 8.73. The Hall–Kier alpha value is -2.80. The molecule has 1 N–H and O–H groups in total. The average Bonchev–Trinajstić information content (AvgIpc) is 2.72. The van der Waals surface area contributed by atoms with E-state index in [4.69, 9.17) is 9.47 Å². The maximum absolute atomic E-state index is 12.5. The molecule has 0 radical (unpaired) electrons. The molecule has 1 unspecified atom stereocenters. The predicted octanol–water partition coefficient (Wildman–Crippen LogP) is 3.83. The van der Waals surface area contributed by atoms with Crippen molar-refractivity contribution in [2.24, 2.45) is 0 Å². The van der Waals surface area contributed by atoms with Crippen LogP contribution in [0.4, 0.5) is 4.79 Å². The number of thioether (sulfide) groups is 1. The minimum Gasteiger partial charge on any atom is -0.466 e. The quantitative estimate of drug-likeness (QED) is 0.660. The van der Waals surface area contributed by atoms with Gasteiger partial charge in [0.25, 0.3) is 0 Å². The standard InChI is InChI=1S/C22H25NO5S/c1-15-9-7-8-12-18(15)13-19(14-29-16(2)24)23-22(26)28-20(21(25)27-3)17-10-5-4-6-11-17/h4-12,19-20H,13-14H2,1-3H3,(H,23,26)/t19?,20-/m1/s1. The van der Waals surface area contributed by atoms with Crippen LogP contribution in [0.25, 0.3) is 0 Å². The fourth-order valence-electron chi connectivity index (χ4n) is 2.77. The molecule has 2 aromatic rings. The van der Waals surface area contributed by atoms with Crippen LogP contribution in [0, 0.1) is 6.92 Å². The number of ether oxygens (including phenoxy) is 2. The molecule has 0 saturated carbocycles. The molecule has 0 heterocycles. The minimum atomic E-state index is -1.17. The Morgan fingerprint density at radius 1 is 1.03 bits per heavy atom. The highest BCUT2D eigenvalue weighted by Gasteiger charge is 2.27. The van der Waals surface area contributed by atoms with Crippen molar-refractivity contribution in [3.05, 3.63) is 71.3 Å². The molecule has 0 fully saturated rings. The van der Waals surface area contributed by atoms with E-state index in [1.807, 2.05) is 31.2 Å². The Labute approximate surface area is 175 Å². The summed E-state index contributed by atoms with van der Waals surface area (Å²) in [4.78, 5) is 36.1. The molecule has 1 amide bonds. The highest BCUT2D eigenvalue weighted by atomic mass is 32.2. The van der Waals surface area contributed by atoms with E-state index in [0.717, 1.165) is 22.9 Å². The molecule has 2 atom stereocenters. The number of aryl methyl sites for hydroxylation is 1. The molecular weight excluding hydrogens is 390 g/mol. The van der Waals surface area contributed by atoms with Crippen molar-refractivity contribution in [1.82, 2.24) is 5.32 Å². The van der Waals surface area contributed by atoms with E-state index >= 15 is 0 Å². The number of rotatable bonds is 8. The fourth-order valence-corrected chi connectivity index (χ4v) is 3.41. The zero-order valence-electron chi connectivity index (χ0n) is 16.7. The lowest BCUT2D eigenvalue weighted by atomic mass is 10.0. The van der Waals surface area contributed by atoms with Crippen molar-refractivity contribution in [2.75, 3.05) is 12.9 Å². The summed E-state index contributed by atoms with van der Waals surface area (Å²) in [6, 6.07) is 16.2. The third kappa shape index (κ3) is 7.27. The van der Waals surface area contributed by atoms with Crippen molar-refractivity contribution >= 4 is 28.9 Å². The predicted molar refractivity (Wildman–Crippen MR) is 113 cm³/mol. The van der Waals surface area contributed by atoms with Crippen molar-refractivity contribution in [2.45, 2.75) is 32.4 Å². The van der Waals surface area contributed by atoms with Gasteiger partial charge >= 0.3 is 12.1 Å². The summed E-state index contributed by atoms with van der Waals surface area (Å²) in [7, 11) is 1.24. The Bertz CT molecular complexity index is 840. The van der Waals surface area contributed by atoms with Crippen LogP contribution >= 0.6 is 11.8 Å². The molecule has 2 rings (SSSR count). The summed E-state index contributed by atoms with van der Waals surface area (Å²) in [6.45, 7) is 3.47. The normalized spacial score (nSPS) is 12.5. The molecule has 0 aromatic heterocycles. The number of amides is 1. The number of methoxy groups -OCH3 is 1. The number of nitrogens with one attached hydrogen (secondary N) is 1. The summed E-state index contributed by atoms with van der Waals surface area (Å²) in [5.74, 6) is -0.271. The minimum absolute atomic E-state index is 0.0355. The van der Waals surface area contributed by atoms with Gasteiger partial charge in [-0.1, -0.05) is 66.4 Å². The molecule has 0 aliphatic carbocycles. The van der Waals surface area contributed by atoms with Crippen LogP contribution in [0.5, 0.6) is 0 Å². The van der Waals surface area contributed by atoms with E-state index in [1.165, 1.54) is 14.0 Å². The van der Waals surface area contributed by atoms with E-state index < -0.39 is 18.2 Å². The lowest BCUT2D eigenvalue weighted by Crippen LogP contribution is -2.40.